The molecule has 0 aliphatic rings. The standard InChI is InChI=1S/C7H2Cl2F3N5/c8-4-5(14-6(9)16-15-4)17-2-3(1-13-17)7(10,11)12/h1-2H. The number of rotatable bonds is 1. The summed E-state index contributed by atoms with van der Waals surface area (Å²) in [6.45, 7) is 0. The van der Waals surface area contributed by atoms with Crippen molar-refractivity contribution in [3.63, 3.8) is 0 Å². The first-order valence-corrected chi connectivity index (χ1v) is 4.81. The van der Waals surface area contributed by atoms with Gasteiger partial charge in [0.1, 0.15) is 0 Å². The number of nitrogens with zero attached hydrogens (tertiary/aromatic N) is 5. The van der Waals surface area contributed by atoms with Crippen LogP contribution in [0, 0.1) is 0 Å². The fourth-order valence-corrected chi connectivity index (χ4v) is 1.30. The molecule has 17 heavy (non-hydrogen) atoms. The molecule has 0 bridgehead atoms. The van der Waals surface area contributed by atoms with E-state index in [9.17, 15) is 13.2 Å². The SMILES string of the molecule is FC(F)(F)c1cnn(-c2nc(Cl)nnc2Cl)c1. The lowest BCUT2D eigenvalue weighted by molar-refractivity contribution is -0.137. The Morgan fingerprint density at radius 2 is 1.88 bits per heavy atom. The summed E-state index contributed by atoms with van der Waals surface area (Å²) in [5, 5.41) is 9.77. The maximum Gasteiger partial charge on any atom is 0.419 e. The van der Waals surface area contributed by atoms with Gasteiger partial charge in [0, 0.05) is 6.20 Å². The van der Waals surface area contributed by atoms with Crippen LogP contribution in [0.3, 0.4) is 0 Å². The predicted molar refractivity (Wildman–Crippen MR) is 52.0 cm³/mol. The molecular formula is C7H2Cl2F3N5. The molecule has 2 aromatic heterocycles. The van der Waals surface area contributed by atoms with Crippen LogP contribution < -0.4 is 0 Å². The van der Waals surface area contributed by atoms with Gasteiger partial charge in [-0.15, -0.1) is 10.2 Å². The molecule has 0 saturated carbocycles. The van der Waals surface area contributed by atoms with Crippen LogP contribution in [-0.4, -0.2) is 25.0 Å². The molecule has 0 aliphatic carbocycles. The molecule has 0 spiro atoms. The Kier molecular flexibility index (Phi) is 2.92. The topological polar surface area (TPSA) is 56.5 Å². The summed E-state index contributed by atoms with van der Waals surface area (Å²) in [6.07, 6.45) is -3.12. The van der Waals surface area contributed by atoms with Crippen LogP contribution in [0.1, 0.15) is 5.56 Å². The number of halogens is 5. The molecule has 0 unspecified atom stereocenters. The number of aromatic nitrogens is 5. The van der Waals surface area contributed by atoms with Crippen molar-refractivity contribution in [1.82, 2.24) is 25.0 Å². The summed E-state index contributed by atoms with van der Waals surface area (Å²) in [4.78, 5) is 3.63. The van der Waals surface area contributed by atoms with E-state index in [1.807, 2.05) is 0 Å². The Hall–Kier alpha value is -1.41. The average molecular weight is 284 g/mol. The van der Waals surface area contributed by atoms with Gasteiger partial charge in [-0.1, -0.05) is 11.6 Å². The van der Waals surface area contributed by atoms with Crippen molar-refractivity contribution in [3.05, 3.63) is 28.4 Å². The van der Waals surface area contributed by atoms with Gasteiger partial charge in [-0.2, -0.15) is 23.3 Å². The molecule has 2 heterocycles. The van der Waals surface area contributed by atoms with E-state index in [0.29, 0.717) is 6.20 Å². The van der Waals surface area contributed by atoms with E-state index in [1.165, 1.54) is 0 Å². The lowest BCUT2D eigenvalue weighted by atomic mass is 10.4. The first-order valence-electron chi connectivity index (χ1n) is 4.06. The fourth-order valence-electron chi connectivity index (χ4n) is 1.02. The van der Waals surface area contributed by atoms with E-state index < -0.39 is 11.7 Å². The Balaban J connectivity index is 2.47. The van der Waals surface area contributed by atoms with E-state index in [1.54, 1.807) is 0 Å². The van der Waals surface area contributed by atoms with Gasteiger partial charge in [0.2, 0.25) is 5.28 Å². The minimum Gasteiger partial charge on any atom is -0.219 e. The van der Waals surface area contributed by atoms with Crippen LogP contribution in [0.4, 0.5) is 13.2 Å². The third-order valence-corrected chi connectivity index (χ3v) is 2.13. The number of hydrogen-bond acceptors (Lipinski definition) is 4. The van der Waals surface area contributed by atoms with Crippen LogP contribution in [0.15, 0.2) is 12.4 Å². The lowest BCUT2D eigenvalue weighted by Gasteiger charge is -2.02. The average Bonchev–Trinajstić information content (AvgIpc) is 2.70. The van der Waals surface area contributed by atoms with E-state index in [2.05, 4.69) is 20.3 Å². The summed E-state index contributed by atoms with van der Waals surface area (Å²) >= 11 is 11.1. The van der Waals surface area contributed by atoms with Gasteiger partial charge in [0.25, 0.3) is 0 Å². The van der Waals surface area contributed by atoms with Crippen molar-refractivity contribution in [1.29, 1.82) is 0 Å². The van der Waals surface area contributed by atoms with Crippen LogP contribution in [0.25, 0.3) is 5.82 Å². The second kappa shape index (κ2) is 4.11. The van der Waals surface area contributed by atoms with Crippen molar-refractivity contribution in [2.75, 3.05) is 0 Å². The largest absolute Gasteiger partial charge is 0.419 e. The van der Waals surface area contributed by atoms with Crippen molar-refractivity contribution in [2.24, 2.45) is 0 Å². The van der Waals surface area contributed by atoms with E-state index >= 15 is 0 Å². The summed E-state index contributed by atoms with van der Waals surface area (Å²) in [5.41, 5.74) is -0.927. The Bertz CT molecular complexity index is 553. The van der Waals surface area contributed by atoms with Gasteiger partial charge in [0.05, 0.1) is 11.8 Å². The predicted octanol–water partition coefficient (Wildman–Crippen LogP) is 2.38. The van der Waals surface area contributed by atoms with Crippen molar-refractivity contribution >= 4 is 23.2 Å². The van der Waals surface area contributed by atoms with Crippen LogP contribution in [-0.2, 0) is 6.18 Å². The molecule has 90 valence electrons. The van der Waals surface area contributed by atoms with E-state index in [4.69, 9.17) is 23.2 Å². The van der Waals surface area contributed by atoms with Crippen molar-refractivity contribution in [2.45, 2.75) is 6.18 Å². The molecule has 0 N–H and O–H groups in total. The summed E-state index contributed by atoms with van der Waals surface area (Å²) in [7, 11) is 0. The third kappa shape index (κ3) is 2.47. The monoisotopic (exact) mass is 283 g/mol. The molecule has 2 aromatic rings. The first-order chi connectivity index (χ1) is 7.88. The summed E-state index contributed by atoms with van der Waals surface area (Å²) in [5.74, 6) is -0.123. The van der Waals surface area contributed by atoms with E-state index in [-0.39, 0.29) is 16.3 Å². The van der Waals surface area contributed by atoms with Crippen molar-refractivity contribution < 1.29 is 13.2 Å². The molecular weight excluding hydrogens is 282 g/mol. The van der Waals surface area contributed by atoms with Gasteiger partial charge < -0.3 is 0 Å². The minimum atomic E-state index is -4.49. The number of hydrogen-bond donors (Lipinski definition) is 0. The van der Waals surface area contributed by atoms with Crippen molar-refractivity contribution in [3.8, 4) is 5.82 Å². The smallest absolute Gasteiger partial charge is 0.219 e. The summed E-state index contributed by atoms with van der Waals surface area (Å²) < 4.78 is 37.8. The van der Waals surface area contributed by atoms with Gasteiger partial charge in [-0.05, 0) is 11.6 Å². The quantitative estimate of drug-likeness (QED) is 0.806. The molecule has 0 aromatic carbocycles. The highest BCUT2D eigenvalue weighted by atomic mass is 35.5. The molecule has 5 nitrogen and oxygen atoms in total. The molecule has 2 rings (SSSR count). The maximum atomic E-state index is 12.3. The maximum absolute atomic E-state index is 12.3. The molecule has 0 radical (unpaired) electrons. The fraction of sp³-hybridized carbons (Fsp3) is 0.143. The zero-order chi connectivity index (χ0) is 12.6. The summed E-state index contributed by atoms with van der Waals surface area (Å²) in [6, 6.07) is 0. The molecule has 0 aliphatic heterocycles. The molecule has 0 saturated heterocycles. The second-order valence-corrected chi connectivity index (χ2v) is 3.56. The normalized spacial score (nSPS) is 11.8. The van der Waals surface area contributed by atoms with Gasteiger partial charge in [-0.3, -0.25) is 0 Å². The Morgan fingerprint density at radius 1 is 1.18 bits per heavy atom. The highest BCUT2D eigenvalue weighted by molar-refractivity contribution is 6.31. The second-order valence-electron chi connectivity index (χ2n) is 2.87. The molecule has 0 amide bonds. The zero-order valence-electron chi connectivity index (χ0n) is 7.78. The van der Waals surface area contributed by atoms with Crippen LogP contribution in [0.5, 0.6) is 0 Å². The molecule has 0 fully saturated rings. The zero-order valence-corrected chi connectivity index (χ0v) is 9.29. The molecule has 0 atom stereocenters. The highest BCUT2D eigenvalue weighted by Crippen LogP contribution is 2.29. The van der Waals surface area contributed by atoms with Gasteiger partial charge >= 0.3 is 6.18 Å². The highest BCUT2D eigenvalue weighted by Gasteiger charge is 2.32. The van der Waals surface area contributed by atoms with Gasteiger partial charge in [-0.25, -0.2) is 4.68 Å². The minimum absolute atomic E-state index is 0.123. The van der Waals surface area contributed by atoms with Crippen LogP contribution >= 0.6 is 23.2 Å². The molecule has 10 heteroatoms. The Labute approximate surface area is 102 Å². The lowest BCUT2D eigenvalue weighted by Crippen LogP contribution is -2.05. The van der Waals surface area contributed by atoms with Gasteiger partial charge in [0.15, 0.2) is 11.0 Å². The van der Waals surface area contributed by atoms with E-state index in [0.717, 1.165) is 10.9 Å². The third-order valence-electron chi connectivity index (χ3n) is 1.73. The van der Waals surface area contributed by atoms with Crippen LogP contribution in [0.2, 0.25) is 10.4 Å². The first kappa shape index (κ1) is 12.1. The number of alkyl halides is 3. The Morgan fingerprint density at radius 3 is 2.47 bits per heavy atom.